The number of Topliss-reactive ketones (excluding diaryl/α,β-unsaturated/α-hetero) is 1. The van der Waals surface area contributed by atoms with Crippen LogP contribution >= 0.6 is 15.9 Å². The lowest BCUT2D eigenvalue weighted by molar-refractivity contribution is -0.123. The second-order valence-corrected chi connectivity index (χ2v) is 11.2. The molecule has 1 saturated heterocycles. The van der Waals surface area contributed by atoms with Crippen LogP contribution in [0.4, 0.5) is 5.69 Å². The zero-order valence-corrected chi connectivity index (χ0v) is 23.0. The maximum Gasteiger partial charge on any atom is 0.238 e. The number of aryl methyl sites for hydroxylation is 1. The second kappa shape index (κ2) is 9.45. The van der Waals surface area contributed by atoms with Crippen LogP contribution in [0.3, 0.4) is 0 Å². The van der Waals surface area contributed by atoms with Crippen molar-refractivity contribution < 1.29 is 29.0 Å². The van der Waals surface area contributed by atoms with E-state index in [0.29, 0.717) is 34.6 Å². The van der Waals surface area contributed by atoms with Crippen molar-refractivity contribution in [1.29, 1.82) is 0 Å². The van der Waals surface area contributed by atoms with Crippen LogP contribution in [-0.2, 0) is 25.6 Å². The molecular weight excluding hydrogens is 562 g/mol. The molecule has 2 amide bonds. The van der Waals surface area contributed by atoms with Crippen LogP contribution in [0.25, 0.3) is 0 Å². The number of ether oxygens (including phenoxy) is 1. The van der Waals surface area contributed by atoms with Crippen molar-refractivity contribution in [2.75, 3.05) is 12.0 Å². The van der Waals surface area contributed by atoms with E-state index in [4.69, 9.17) is 4.74 Å². The van der Waals surface area contributed by atoms with Crippen LogP contribution in [0.1, 0.15) is 36.8 Å². The molecule has 7 nitrogen and oxygen atoms in total. The fraction of sp³-hybridized carbons (Fsp3) is 0.290. The normalized spacial score (nSPS) is 26.2. The van der Waals surface area contributed by atoms with Crippen LogP contribution in [0.2, 0.25) is 0 Å². The number of halogens is 1. The highest BCUT2D eigenvalue weighted by Crippen LogP contribution is 2.56. The standard InChI is InChI=1S/C31H26BrNO6/c1-3-15-4-6-16(7-5-15)33-30(37)20-11-10-18-21(27(20)31(33)38)13-22-28(24(35)14-23(32)29(22)36)26(18)19-9-8-17(34)12-25(19)39-2/h4-10,12,14,20-21,26-27,34H,3,11,13H2,1-2H3/t20-,21+,26+,27-/m0/s1. The van der Waals surface area contributed by atoms with Gasteiger partial charge in [-0.05, 0) is 64.9 Å². The molecule has 3 aliphatic carbocycles. The Bertz CT molecular complexity index is 1550. The molecule has 2 aromatic carbocycles. The summed E-state index contributed by atoms with van der Waals surface area (Å²) in [5.41, 5.74) is 3.81. The first-order chi connectivity index (χ1) is 18.7. The molecule has 4 atom stereocenters. The number of benzene rings is 2. The van der Waals surface area contributed by atoms with Crippen molar-refractivity contribution in [3.8, 4) is 11.5 Å². The lowest BCUT2D eigenvalue weighted by Gasteiger charge is -2.42. The lowest BCUT2D eigenvalue weighted by Crippen LogP contribution is -2.39. The average Bonchev–Trinajstić information content (AvgIpc) is 3.20. The molecule has 2 aromatic rings. The van der Waals surface area contributed by atoms with Gasteiger partial charge in [0.1, 0.15) is 11.5 Å². The van der Waals surface area contributed by atoms with Gasteiger partial charge in [-0.1, -0.05) is 36.8 Å². The number of methoxy groups -OCH3 is 1. The Balaban J connectivity index is 1.48. The summed E-state index contributed by atoms with van der Waals surface area (Å²) in [7, 11) is 1.48. The number of hydrogen-bond donors (Lipinski definition) is 1. The number of nitrogens with zero attached hydrogens (tertiary/aromatic N) is 1. The quantitative estimate of drug-likeness (QED) is 0.309. The molecule has 0 unspecified atom stereocenters. The minimum absolute atomic E-state index is 0.00448. The first-order valence-electron chi connectivity index (χ1n) is 13.0. The van der Waals surface area contributed by atoms with E-state index in [1.165, 1.54) is 30.2 Å². The van der Waals surface area contributed by atoms with E-state index < -0.39 is 23.7 Å². The minimum atomic E-state index is -0.657. The number of carbonyl (C=O) groups is 4. The van der Waals surface area contributed by atoms with Crippen LogP contribution in [0.5, 0.6) is 11.5 Å². The highest BCUT2D eigenvalue weighted by Gasteiger charge is 2.56. The summed E-state index contributed by atoms with van der Waals surface area (Å²) in [4.78, 5) is 55.6. The van der Waals surface area contributed by atoms with Crippen molar-refractivity contribution in [2.24, 2.45) is 17.8 Å². The molecule has 8 heteroatoms. The Morgan fingerprint density at radius 1 is 1.03 bits per heavy atom. The number of aromatic hydroxyl groups is 1. The van der Waals surface area contributed by atoms with Gasteiger partial charge in [0.05, 0.1) is 29.1 Å². The van der Waals surface area contributed by atoms with Crippen molar-refractivity contribution in [3.63, 3.8) is 0 Å². The molecule has 0 aromatic heterocycles. The Hall–Kier alpha value is -3.78. The molecule has 4 aliphatic rings. The van der Waals surface area contributed by atoms with Gasteiger partial charge in [-0.3, -0.25) is 24.1 Å². The third-order valence-corrected chi connectivity index (χ3v) is 9.05. The zero-order chi connectivity index (χ0) is 27.6. The summed E-state index contributed by atoms with van der Waals surface area (Å²) < 4.78 is 5.76. The van der Waals surface area contributed by atoms with Crippen LogP contribution < -0.4 is 9.64 Å². The summed E-state index contributed by atoms with van der Waals surface area (Å²) in [5.74, 6) is -3.03. The van der Waals surface area contributed by atoms with Crippen molar-refractivity contribution in [3.05, 3.63) is 86.9 Å². The zero-order valence-electron chi connectivity index (χ0n) is 21.4. The molecule has 6 rings (SSSR count). The molecule has 1 aliphatic heterocycles. The molecule has 1 N–H and O–H groups in total. The Labute approximate surface area is 234 Å². The van der Waals surface area contributed by atoms with E-state index in [2.05, 4.69) is 15.9 Å². The molecule has 0 spiro atoms. The van der Waals surface area contributed by atoms with E-state index >= 15 is 0 Å². The number of amides is 2. The number of rotatable bonds is 4. The third kappa shape index (κ3) is 3.84. The van der Waals surface area contributed by atoms with E-state index in [1.807, 2.05) is 25.1 Å². The second-order valence-electron chi connectivity index (χ2n) is 10.4. The maximum absolute atomic E-state index is 14.0. The monoisotopic (exact) mass is 587 g/mol. The van der Waals surface area contributed by atoms with Crippen molar-refractivity contribution in [1.82, 2.24) is 0 Å². The number of imide groups is 1. The lowest BCUT2D eigenvalue weighted by atomic mass is 9.59. The fourth-order valence-electron chi connectivity index (χ4n) is 6.64. The number of fused-ring (bicyclic) bond motifs is 3. The molecule has 0 saturated carbocycles. The van der Waals surface area contributed by atoms with E-state index in [0.717, 1.165) is 17.6 Å². The predicted molar refractivity (Wildman–Crippen MR) is 148 cm³/mol. The Kier molecular flexibility index (Phi) is 6.18. The summed E-state index contributed by atoms with van der Waals surface area (Å²) in [6, 6.07) is 12.1. The van der Waals surface area contributed by atoms with Gasteiger partial charge < -0.3 is 9.84 Å². The van der Waals surface area contributed by atoms with E-state index in [9.17, 15) is 24.3 Å². The van der Waals surface area contributed by atoms with Crippen LogP contribution in [0.15, 0.2) is 75.8 Å². The van der Waals surface area contributed by atoms with Gasteiger partial charge in [-0.2, -0.15) is 0 Å². The number of hydrogen-bond acceptors (Lipinski definition) is 6. The highest BCUT2D eigenvalue weighted by atomic mass is 79.9. The van der Waals surface area contributed by atoms with Gasteiger partial charge in [-0.15, -0.1) is 0 Å². The number of phenolic OH excluding ortho intramolecular Hbond substituents is 1. The smallest absolute Gasteiger partial charge is 0.238 e. The number of allylic oxidation sites excluding steroid dienone is 6. The first kappa shape index (κ1) is 25.5. The van der Waals surface area contributed by atoms with E-state index in [-0.39, 0.29) is 40.0 Å². The summed E-state index contributed by atoms with van der Waals surface area (Å²) in [6.07, 6.45) is 4.64. The molecule has 198 valence electrons. The number of carbonyl (C=O) groups excluding carboxylic acids is 4. The van der Waals surface area contributed by atoms with Gasteiger partial charge in [0.15, 0.2) is 11.6 Å². The summed E-state index contributed by atoms with van der Waals surface area (Å²) in [6.45, 7) is 2.04. The van der Waals surface area contributed by atoms with Crippen molar-refractivity contribution in [2.45, 2.75) is 32.1 Å². The number of ketones is 2. The van der Waals surface area contributed by atoms with Gasteiger partial charge in [-0.25, -0.2) is 0 Å². The first-order valence-corrected chi connectivity index (χ1v) is 13.8. The predicted octanol–water partition coefficient (Wildman–Crippen LogP) is 4.93. The molecular formula is C31H26BrNO6. The topological polar surface area (TPSA) is 101 Å². The molecule has 1 fully saturated rings. The molecule has 0 bridgehead atoms. The largest absolute Gasteiger partial charge is 0.508 e. The molecule has 39 heavy (non-hydrogen) atoms. The van der Waals surface area contributed by atoms with E-state index in [1.54, 1.807) is 18.2 Å². The van der Waals surface area contributed by atoms with Crippen LogP contribution in [-0.4, -0.2) is 35.6 Å². The summed E-state index contributed by atoms with van der Waals surface area (Å²) >= 11 is 3.24. The Morgan fingerprint density at radius 3 is 2.46 bits per heavy atom. The minimum Gasteiger partial charge on any atom is -0.508 e. The molecule has 1 heterocycles. The number of phenols is 1. The van der Waals surface area contributed by atoms with Gasteiger partial charge in [0.25, 0.3) is 0 Å². The fourth-order valence-corrected chi connectivity index (χ4v) is 7.08. The number of anilines is 1. The van der Waals surface area contributed by atoms with Crippen LogP contribution in [0, 0.1) is 17.8 Å². The maximum atomic E-state index is 14.0. The average molecular weight is 588 g/mol. The highest BCUT2D eigenvalue weighted by molar-refractivity contribution is 9.12. The van der Waals surface area contributed by atoms with Gasteiger partial charge in [0.2, 0.25) is 11.8 Å². The summed E-state index contributed by atoms with van der Waals surface area (Å²) in [5, 5.41) is 10.1. The van der Waals surface area contributed by atoms with Crippen molar-refractivity contribution >= 4 is 45.0 Å². The van der Waals surface area contributed by atoms with Gasteiger partial charge in [0, 0.05) is 34.8 Å². The SMILES string of the molecule is CCc1ccc(N2C(=O)[C@H]3[C@H](CC=C4[C@H](c5ccc(O)cc5OC)C5=C(C[C@H]43)C(=O)C(Br)=CC5=O)C2=O)cc1. The van der Waals surface area contributed by atoms with Gasteiger partial charge >= 0.3 is 0 Å². The Morgan fingerprint density at radius 2 is 1.77 bits per heavy atom. The third-order valence-electron chi connectivity index (χ3n) is 8.46. The molecule has 0 radical (unpaired) electrons.